The SMILES string of the molecule is CC(C)(CCNC(=O)CN1C(=O)COc2cc(Br)ccc21)C(=O)O. The molecule has 2 N–H and O–H groups in total. The summed E-state index contributed by atoms with van der Waals surface area (Å²) in [6.07, 6.45) is 0.300. The zero-order valence-corrected chi connectivity index (χ0v) is 15.1. The first kappa shape index (κ1) is 18.3. The number of ether oxygens (including phenoxy) is 1. The van der Waals surface area contributed by atoms with Crippen LogP contribution in [0.5, 0.6) is 5.75 Å². The lowest BCUT2D eigenvalue weighted by molar-refractivity contribution is -0.147. The molecule has 0 spiro atoms. The molecule has 0 unspecified atom stereocenters. The Labute approximate surface area is 148 Å². The van der Waals surface area contributed by atoms with E-state index in [0.717, 1.165) is 4.47 Å². The molecule has 24 heavy (non-hydrogen) atoms. The molecule has 1 heterocycles. The van der Waals surface area contributed by atoms with E-state index in [-0.39, 0.29) is 31.5 Å². The van der Waals surface area contributed by atoms with Crippen LogP contribution in [0.25, 0.3) is 0 Å². The van der Waals surface area contributed by atoms with Gasteiger partial charge >= 0.3 is 5.97 Å². The minimum atomic E-state index is -0.917. The Morgan fingerprint density at radius 1 is 1.42 bits per heavy atom. The Balaban J connectivity index is 1.97. The molecule has 0 aromatic heterocycles. The first-order valence-corrected chi connectivity index (χ1v) is 8.23. The number of benzene rings is 1. The Kier molecular flexibility index (Phi) is 5.48. The minimum absolute atomic E-state index is 0.122. The summed E-state index contributed by atoms with van der Waals surface area (Å²) < 4.78 is 6.18. The quantitative estimate of drug-likeness (QED) is 0.761. The van der Waals surface area contributed by atoms with Gasteiger partial charge in [0.2, 0.25) is 5.91 Å². The summed E-state index contributed by atoms with van der Waals surface area (Å²) in [5.41, 5.74) is -0.378. The monoisotopic (exact) mass is 398 g/mol. The molecule has 2 amide bonds. The smallest absolute Gasteiger partial charge is 0.309 e. The molecule has 1 aliphatic heterocycles. The third-order valence-electron chi connectivity index (χ3n) is 3.82. The van der Waals surface area contributed by atoms with Crippen LogP contribution in [0, 0.1) is 5.41 Å². The van der Waals surface area contributed by atoms with E-state index in [1.807, 2.05) is 0 Å². The van der Waals surface area contributed by atoms with Crippen LogP contribution in [0.15, 0.2) is 22.7 Å². The molecule has 7 nitrogen and oxygen atoms in total. The molecule has 0 radical (unpaired) electrons. The number of hydrogen-bond acceptors (Lipinski definition) is 4. The second kappa shape index (κ2) is 7.21. The van der Waals surface area contributed by atoms with Gasteiger partial charge < -0.3 is 15.2 Å². The molecular formula is C16H19BrN2O5. The zero-order chi connectivity index (χ0) is 17.9. The number of nitrogens with zero attached hydrogens (tertiary/aromatic N) is 1. The fourth-order valence-electron chi connectivity index (χ4n) is 2.17. The number of nitrogens with one attached hydrogen (secondary N) is 1. The van der Waals surface area contributed by atoms with Gasteiger partial charge in [-0.15, -0.1) is 0 Å². The van der Waals surface area contributed by atoms with Crippen LogP contribution in [0.1, 0.15) is 20.3 Å². The van der Waals surface area contributed by atoms with Gasteiger partial charge in [0.1, 0.15) is 12.3 Å². The number of aliphatic carboxylic acids is 1. The second-order valence-electron chi connectivity index (χ2n) is 6.17. The number of carboxylic acids is 1. The summed E-state index contributed by atoms with van der Waals surface area (Å²) in [6, 6.07) is 5.21. The lowest BCUT2D eigenvalue weighted by atomic mass is 9.90. The van der Waals surface area contributed by atoms with Crippen molar-refractivity contribution in [3.05, 3.63) is 22.7 Å². The van der Waals surface area contributed by atoms with Crippen LogP contribution in [0.4, 0.5) is 5.69 Å². The summed E-state index contributed by atoms with van der Waals surface area (Å²) in [7, 11) is 0. The Morgan fingerprint density at radius 2 is 2.12 bits per heavy atom. The van der Waals surface area contributed by atoms with Gasteiger partial charge in [-0.1, -0.05) is 15.9 Å². The van der Waals surface area contributed by atoms with Crippen molar-refractivity contribution in [3.8, 4) is 5.75 Å². The van der Waals surface area contributed by atoms with Crippen molar-refractivity contribution in [2.45, 2.75) is 20.3 Å². The van der Waals surface area contributed by atoms with Gasteiger partial charge in [0.05, 0.1) is 11.1 Å². The van der Waals surface area contributed by atoms with Gasteiger partial charge in [-0.2, -0.15) is 0 Å². The summed E-state index contributed by atoms with van der Waals surface area (Å²) in [6.45, 7) is 3.17. The van der Waals surface area contributed by atoms with E-state index < -0.39 is 11.4 Å². The van der Waals surface area contributed by atoms with Gasteiger partial charge in [0.25, 0.3) is 5.91 Å². The van der Waals surface area contributed by atoms with Crippen LogP contribution in [0.3, 0.4) is 0 Å². The van der Waals surface area contributed by atoms with E-state index in [0.29, 0.717) is 17.9 Å². The Hall–Kier alpha value is -2.09. The predicted molar refractivity (Wildman–Crippen MR) is 91.0 cm³/mol. The standard InChI is InChI=1S/C16H19BrN2O5/c1-16(2,15(22)23)5-6-18-13(20)8-19-11-4-3-10(17)7-12(11)24-9-14(19)21/h3-4,7H,5-6,8-9H2,1-2H3,(H,18,20)(H,22,23). The van der Waals surface area contributed by atoms with Gasteiger partial charge in [-0.25, -0.2) is 0 Å². The Morgan fingerprint density at radius 3 is 2.79 bits per heavy atom. The summed E-state index contributed by atoms with van der Waals surface area (Å²) >= 11 is 3.33. The van der Waals surface area contributed by atoms with E-state index in [1.165, 1.54) is 4.90 Å². The van der Waals surface area contributed by atoms with Crippen molar-refractivity contribution in [1.82, 2.24) is 5.32 Å². The number of amides is 2. The molecule has 2 rings (SSSR count). The average Bonchev–Trinajstić information content (AvgIpc) is 2.49. The van der Waals surface area contributed by atoms with E-state index >= 15 is 0 Å². The van der Waals surface area contributed by atoms with Gasteiger partial charge in [0, 0.05) is 11.0 Å². The molecule has 0 saturated carbocycles. The predicted octanol–water partition coefficient (Wildman–Crippen LogP) is 1.79. The maximum Gasteiger partial charge on any atom is 0.309 e. The maximum absolute atomic E-state index is 12.1. The molecule has 0 saturated heterocycles. The number of carboxylic acid groups (broad SMARTS) is 1. The van der Waals surface area contributed by atoms with Gasteiger partial charge in [0.15, 0.2) is 6.61 Å². The number of carbonyl (C=O) groups excluding carboxylic acids is 2. The van der Waals surface area contributed by atoms with Crippen molar-refractivity contribution in [2.75, 3.05) is 24.6 Å². The highest BCUT2D eigenvalue weighted by atomic mass is 79.9. The van der Waals surface area contributed by atoms with Crippen LogP contribution in [0.2, 0.25) is 0 Å². The highest BCUT2D eigenvalue weighted by molar-refractivity contribution is 9.10. The topological polar surface area (TPSA) is 95.9 Å². The van der Waals surface area contributed by atoms with Crippen LogP contribution >= 0.6 is 15.9 Å². The van der Waals surface area contributed by atoms with Crippen LogP contribution < -0.4 is 15.0 Å². The highest BCUT2D eigenvalue weighted by Crippen LogP contribution is 2.34. The average molecular weight is 399 g/mol. The number of carbonyl (C=O) groups is 3. The molecule has 0 aliphatic carbocycles. The summed E-state index contributed by atoms with van der Waals surface area (Å²) in [5.74, 6) is -1.03. The van der Waals surface area contributed by atoms with Crippen molar-refractivity contribution in [2.24, 2.45) is 5.41 Å². The van der Waals surface area contributed by atoms with Crippen LogP contribution in [-0.4, -0.2) is 42.6 Å². The maximum atomic E-state index is 12.1. The fourth-order valence-corrected chi connectivity index (χ4v) is 2.51. The van der Waals surface area contributed by atoms with E-state index in [9.17, 15) is 14.4 Å². The number of hydrogen-bond donors (Lipinski definition) is 2. The fraction of sp³-hybridized carbons (Fsp3) is 0.438. The van der Waals surface area contributed by atoms with Crippen molar-refractivity contribution >= 4 is 39.4 Å². The zero-order valence-electron chi connectivity index (χ0n) is 13.5. The molecule has 1 aromatic rings. The lowest BCUT2D eigenvalue weighted by Gasteiger charge is -2.29. The first-order chi connectivity index (χ1) is 11.2. The molecule has 0 bridgehead atoms. The van der Waals surface area contributed by atoms with E-state index in [4.69, 9.17) is 9.84 Å². The third-order valence-corrected chi connectivity index (χ3v) is 4.31. The molecule has 1 aromatic carbocycles. The third kappa shape index (κ3) is 4.25. The minimum Gasteiger partial charge on any atom is -0.482 e. The van der Waals surface area contributed by atoms with E-state index in [2.05, 4.69) is 21.2 Å². The van der Waals surface area contributed by atoms with Gasteiger partial charge in [-0.05, 0) is 38.5 Å². The Bertz CT molecular complexity index is 674. The molecule has 0 atom stereocenters. The van der Waals surface area contributed by atoms with Crippen molar-refractivity contribution in [3.63, 3.8) is 0 Å². The molecule has 0 fully saturated rings. The van der Waals surface area contributed by atoms with E-state index in [1.54, 1.807) is 32.0 Å². The molecular weight excluding hydrogens is 380 g/mol. The van der Waals surface area contributed by atoms with Crippen LogP contribution in [-0.2, 0) is 14.4 Å². The first-order valence-electron chi connectivity index (χ1n) is 7.43. The highest BCUT2D eigenvalue weighted by Gasteiger charge is 2.29. The molecule has 130 valence electrons. The molecule has 1 aliphatic rings. The largest absolute Gasteiger partial charge is 0.482 e. The molecule has 8 heteroatoms. The summed E-state index contributed by atoms with van der Waals surface area (Å²) in [5, 5.41) is 11.7. The normalized spacial score (nSPS) is 14.0. The lowest BCUT2D eigenvalue weighted by Crippen LogP contribution is -2.45. The summed E-state index contributed by atoms with van der Waals surface area (Å²) in [4.78, 5) is 36.5. The van der Waals surface area contributed by atoms with Gasteiger partial charge in [-0.3, -0.25) is 19.3 Å². The van der Waals surface area contributed by atoms with Crippen molar-refractivity contribution in [1.29, 1.82) is 0 Å². The van der Waals surface area contributed by atoms with Crippen molar-refractivity contribution < 1.29 is 24.2 Å². The number of fused-ring (bicyclic) bond motifs is 1. The number of halogens is 1. The number of anilines is 1. The second-order valence-corrected chi connectivity index (χ2v) is 7.09. The number of rotatable bonds is 6.